The second-order valence-electron chi connectivity index (χ2n) is 5.69. The van der Waals surface area contributed by atoms with E-state index in [9.17, 15) is 4.21 Å². The van der Waals surface area contributed by atoms with Gasteiger partial charge in [-0.15, -0.1) is 18.2 Å². The van der Waals surface area contributed by atoms with Crippen LogP contribution in [0.2, 0.25) is 0 Å². The predicted octanol–water partition coefficient (Wildman–Crippen LogP) is 4.28. The minimum Gasteiger partial charge on any atom is -0.444 e. The van der Waals surface area contributed by atoms with Gasteiger partial charge in [-0.3, -0.25) is 0 Å². The zero-order valence-electron chi connectivity index (χ0n) is 11.1. The van der Waals surface area contributed by atoms with Gasteiger partial charge in [-0.25, -0.2) is 0 Å². The van der Waals surface area contributed by atoms with Crippen LogP contribution in [-0.2, 0) is 14.8 Å². The van der Waals surface area contributed by atoms with Crippen LogP contribution < -0.4 is 0 Å². The third-order valence-corrected chi connectivity index (χ3v) is 4.65. The summed E-state index contributed by atoms with van der Waals surface area (Å²) in [5.41, 5.74) is -0.561. The van der Waals surface area contributed by atoms with E-state index in [4.69, 9.17) is 11.6 Å². The summed E-state index contributed by atoms with van der Waals surface area (Å²) in [4.78, 5) is -0.553. The molecule has 0 saturated carbocycles. The fourth-order valence-corrected chi connectivity index (χ4v) is 2.10. The first-order valence-corrected chi connectivity index (χ1v) is 6.87. The van der Waals surface area contributed by atoms with Crippen molar-refractivity contribution >= 4 is 22.2 Å². The third kappa shape index (κ3) is 4.10. The third-order valence-electron chi connectivity index (χ3n) is 2.63. The predicted molar refractivity (Wildman–Crippen MR) is 73.4 cm³/mol. The minimum absolute atomic E-state index is 0.357. The lowest BCUT2D eigenvalue weighted by Gasteiger charge is -2.40. The molecule has 0 aliphatic rings. The molecule has 96 valence electrons. The fourth-order valence-electron chi connectivity index (χ4n) is 0.989. The number of nitrogens with zero attached hydrogens (tertiary/aromatic N) is 1. The van der Waals surface area contributed by atoms with E-state index in [1.807, 2.05) is 41.5 Å². The zero-order chi connectivity index (χ0) is 13.2. The molecule has 0 saturated heterocycles. The standard InChI is InChI=1S/C12H23ClNOS/c1-8-9-12(7,11(5,6)13)14-16(15)10(2,3)4/h8H,1,9H2,2-7H3/q-1/t12-/m1/s1. The van der Waals surface area contributed by atoms with Crippen molar-refractivity contribution in [1.29, 1.82) is 0 Å². The van der Waals surface area contributed by atoms with Crippen LogP contribution in [0.3, 0.4) is 0 Å². The smallest absolute Gasteiger partial charge is 0.0618 e. The Balaban J connectivity index is 5.43. The summed E-state index contributed by atoms with van der Waals surface area (Å²) >= 11 is 6.34. The van der Waals surface area contributed by atoms with E-state index in [0.717, 1.165) is 0 Å². The number of hydrogen-bond acceptors (Lipinski definition) is 3. The van der Waals surface area contributed by atoms with Gasteiger partial charge in [0.05, 0.1) is 10.4 Å². The number of hydrogen-bond donors (Lipinski definition) is 0. The lowest BCUT2D eigenvalue weighted by atomic mass is 9.86. The number of alkyl halides is 1. The number of rotatable bonds is 4. The summed E-state index contributed by atoms with van der Waals surface area (Å²) in [7, 11) is -1.26. The molecule has 0 aliphatic carbocycles. The van der Waals surface area contributed by atoms with E-state index in [1.54, 1.807) is 6.08 Å². The van der Waals surface area contributed by atoms with Crippen LogP contribution in [0.5, 0.6) is 0 Å². The Kier molecular flexibility index (Phi) is 5.08. The summed E-state index contributed by atoms with van der Waals surface area (Å²) in [6.07, 6.45) is 2.39. The maximum absolute atomic E-state index is 12.1. The van der Waals surface area contributed by atoms with E-state index >= 15 is 0 Å². The Morgan fingerprint density at radius 1 is 1.25 bits per heavy atom. The average Bonchev–Trinajstić information content (AvgIpc) is 2.00. The molecule has 0 aromatic heterocycles. The van der Waals surface area contributed by atoms with Gasteiger partial charge in [-0.1, -0.05) is 31.6 Å². The van der Waals surface area contributed by atoms with E-state index in [1.165, 1.54) is 0 Å². The molecular weight excluding hydrogens is 242 g/mol. The molecule has 0 radical (unpaired) electrons. The summed E-state index contributed by atoms with van der Waals surface area (Å²) < 4.78 is 16.1. The normalized spacial score (nSPS) is 19.2. The van der Waals surface area contributed by atoms with Crippen LogP contribution >= 0.6 is 11.6 Å². The Morgan fingerprint density at radius 3 is 1.94 bits per heavy atom. The first kappa shape index (κ1) is 16.0. The van der Waals surface area contributed by atoms with Gasteiger partial charge in [0.15, 0.2) is 0 Å². The van der Waals surface area contributed by atoms with Crippen molar-refractivity contribution in [2.75, 3.05) is 0 Å². The SMILES string of the molecule is C=CC[C@@](C)(N=[S-](=O)C(C)(C)C)C(C)(C)Cl. The molecule has 2 nitrogen and oxygen atoms in total. The van der Waals surface area contributed by atoms with Crippen LogP contribution in [0.15, 0.2) is 17.0 Å². The van der Waals surface area contributed by atoms with Crippen molar-refractivity contribution in [2.24, 2.45) is 4.36 Å². The van der Waals surface area contributed by atoms with Crippen molar-refractivity contribution in [3.05, 3.63) is 12.7 Å². The van der Waals surface area contributed by atoms with Gasteiger partial charge in [-0.2, -0.15) is 10.6 Å². The van der Waals surface area contributed by atoms with Crippen molar-refractivity contribution < 1.29 is 4.21 Å². The highest BCUT2D eigenvalue weighted by Crippen LogP contribution is 2.36. The molecule has 0 N–H and O–H groups in total. The quantitative estimate of drug-likeness (QED) is 0.423. The van der Waals surface area contributed by atoms with Crippen LogP contribution in [0, 0.1) is 0 Å². The summed E-state index contributed by atoms with van der Waals surface area (Å²) in [6.45, 7) is 15.1. The average molecular weight is 265 g/mol. The largest absolute Gasteiger partial charge is 0.444 e. The summed E-state index contributed by atoms with van der Waals surface area (Å²) in [5, 5.41) is 0. The Bertz CT molecular complexity index is 332. The molecule has 0 aliphatic heterocycles. The highest BCUT2D eigenvalue weighted by molar-refractivity contribution is 7.76. The fraction of sp³-hybridized carbons (Fsp3) is 0.833. The molecule has 0 aromatic rings. The minimum atomic E-state index is -1.26. The van der Waals surface area contributed by atoms with Gasteiger partial charge in [0.25, 0.3) is 0 Å². The topological polar surface area (TPSA) is 29.4 Å². The molecule has 0 spiro atoms. The van der Waals surface area contributed by atoms with Gasteiger partial charge in [0.2, 0.25) is 0 Å². The van der Waals surface area contributed by atoms with Gasteiger partial charge in [0, 0.05) is 0 Å². The first-order valence-electron chi connectivity index (χ1n) is 5.39. The maximum atomic E-state index is 12.1. The molecule has 4 heteroatoms. The first-order chi connectivity index (χ1) is 6.94. The zero-order valence-corrected chi connectivity index (χ0v) is 12.7. The van der Waals surface area contributed by atoms with Gasteiger partial charge in [-0.05, 0) is 27.2 Å². The molecule has 0 bridgehead atoms. The van der Waals surface area contributed by atoms with Gasteiger partial charge in [0.1, 0.15) is 0 Å². The second kappa shape index (κ2) is 5.09. The lowest BCUT2D eigenvalue weighted by Crippen LogP contribution is -2.42. The molecule has 1 atom stereocenters. The Labute approximate surface area is 107 Å². The highest BCUT2D eigenvalue weighted by atomic mass is 35.5. The molecule has 0 aromatic carbocycles. The van der Waals surface area contributed by atoms with Crippen molar-refractivity contribution in [2.45, 2.75) is 63.1 Å². The van der Waals surface area contributed by atoms with Crippen LogP contribution in [0.4, 0.5) is 0 Å². The molecule has 16 heavy (non-hydrogen) atoms. The van der Waals surface area contributed by atoms with Crippen molar-refractivity contribution in [3.63, 3.8) is 0 Å². The lowest BCUT2D eigenvalue weighted by molar-refractivity contribution is 0.377. The van der Waals surface area contributed by atoms with Crippen molar-refractivity contribution in [1.82, 2.24) is 0 Å². The molecule has 0 fully saturated rings. The van der Waals surface area contributed by atoms with Crippen molar-refractivity contribution in [3.8, 4) is 0 Å². The van der Waals surface area contributed by atoms with Gasteiger partial charge < -0.3 is 8.57 Å². The second-order valence-corrected chi connectivity index (χ2v) is 8.54. The monoisotopic (exact) mass is 264 g/mol. The highest BCUT2D eigenvalue weighted by Gasteiger charge is 2.36. The maximum Gasteiger partial charge on any atom is 0.0618 e. The molecule has 0 heterocycles. The van der Waals surface area contributed by atoms with Gasteiger partial charge >= 0.3 is 0 Å². The van der Waals surface area contributed by atoms with E-state index in [2.05, 4.69) is 10.9 Å². The summed E-state index contributed by atoms with van der Waals surface area (Å²) in [5.74, 6) is 0. The summed E-state index contributed by atoms with van der Waals surface area (Å²) in [6, 6.07) is 0. The van der Waals surface area contributed by atoms with Crippen LogP contribution in [0.1, 0.15) is 48.0 Å². The van der Waals surface area contributed by atoms with Crippen LogP contribution in [0.25, 0.3) is 0 Å². The Hall–Kier alpha value is -0.0200. The molecular formula is C12H23ClNOS-. The van der Waals surface area contributed by atoms with E-state index in [0.29, 0.717) is 6.42 Å². The van der Waals surface area contributed by atoms with Crippen LogP contribution in [-0.4, -0.2) is 15.2 Å². The van der Waals surface area contributed by atoms with E-state index in [-0.39, 0.29) is 4.75 Å². The number of halogens is 1. The molecule has 0 rings (SSSR count). The molecule has 0 unspecified atom stereocenters. The Morgan fingerprint density at radius 2 is 1.69 bits per heavy atom. The molecule has 0 amide bonds. The van der Waals surface area contributed by atoms with E-state index < -0.39 is 21.0 Å².